The number of hydrogen-bond acceptors (Lipinski definition) is 5. The highest BCUT2D eigenvalue weighted by molar-refractivity contribution is 5.48. The van der Waals surface area contributed by atoms with E-state index in [1.807, 2.05) is 6.07 Å². The smallest absolute Gasteiger partial charge is 0.145 e. The molecule has 1 aliphatic carbocycles. The van der Waals surface area contributed by atoms with E-state index in [9.17, 15) is 0 Å². The van der Waals surface area contributed by atoms with Gasteiger partial charge in [-0.25, -0.2) is 15.8 Å². The molecule has 1 saturated carbocycles. The Labute approximate surface area is 115 Å². The first kappa shape index (κ1) is 14.1. The number of nitrogens with one attached hydrogen (secondary N) is 1. The predicted octanol–water partition coefficient (Wildman–Crippen LogP) is 2.34. The van der Waals surface area contributed by atoms with Crippen LogP contribution in [-0.4, -0.2) is 23.6 Å². The molecule has 1 aliphatic rings. The molecule has 1 heterocycles. The summed E-state index contributed by atoms with van der Waals surface area (Å²) in [6.07, 6.45) is 7.37. The van der Waals surface area contributed by atoms with Gasteiger partial charge in [-0.05, 0) is 25.2 Å². The molecule has 0 atom stereocenters. The Balaban J connectivity index is 2.09. The van der Waals surface area contributed by atoms with Crippen molar-refractivity contribution in [3.63, 3.8) is 0 Å². The zero-order chi connectivity index (χ0) is 13.7. The summed E-state index contributed by atoms with van der Waals surface area (Å²) < 4.78 is 0. The van der Waals surface area contributed by atoms with Gasteiger partial charge < -0.3 is 10.3 Å². The average Bonchev–Trinajstić information content (AvgIpc) is 2.91. The summed E-state index contributed by atoms with van der Waals surface area (Å²) in [5.41, 5.74) is 2.64. The number of nitrogens with zero attached hydrogens (tertiary/aromatic N) is 3. The van der Waals surface area contributed by atoms with Crippen molar-refractivity contribution in [1.29, 1.82) is 0 Å². The molecule has 5 heteroatoms. The van der Waals surface area contributed by atoms with Crippen LogP contribution in [0.5, 0.6) is 0 Å². The van der Waals surface area contributed by atoms with Crippen LogP contribution < -0.4 is 16.2 Å². The summed E-state index contributed by atoms with van der Waals surface area (Å²) in [5.74, 6) is 8.84. The molecule has 19 heavy (non-hydrogen) atoms. The van der Waals surface area contributed by atoms with Crippen molar-refractivity contribution in [3.8, 4) is 0 Å². The molecule has 0 saturated heterocycles. The number of hydrogen-bond donors (Lipinski definition) is 2. The van der Waals surface area contributed by atoms with Gasteiger partial charge in [-0.15, -0.1) is 0 Å². The molecule has 3 N–H and O–H groups in total. The van der Waals surface area contributed by atoms with Gasteiger partial charge in [0.1, 0.15) is 17.5 Å². The van der Waals surface area contributed by atoms with Crippen LogP contribution in [-0.2, 0) is 6.42 Å². The zero-order valence-electron chi connectivity index (χ0n) is 12.0. The van der Waals surface area contributed by atoms with Crippen LogP contribution in [0.3, 0.4) is 0 Å². The van der Waals surface area contributed by atoms with Gasteiger partial charge in [0.05, 0.1) is 0 Å². The molecule has 0 radical (unpaired) electrons. The SMILES string of the molecule is CCCc1nc(NN)cc(N(C)CC2CCCC2)n1. The number of nitrogen functional groups attached to an aromatic ring is 1. The van der Waals surface area contributed by atoms with Crippen LogP contribution in [0.25, 0.3) is 0 Å². The first-order valence-electron chi connectivity index (χ1n) is 7.28. The molecule has 0 spiro atoms. The van der Waals surface area contributed by atoms with E-state index in [1.165, 1.54) is 25.7 Å². The van der Waals surface area contributed by atoms with Crippen molar-refractivity contribution in [2.24, 2.45) is 11.8 Å². The molecule has 1 aromatic rings. The maximum atomic E-state index is 5.49. The van der Waals surface area contributed by atoms with Gasteiger partial charge in [0.15, 0.2) is 0 Å². The predicted molar refractivity (Wildman–Crippen MR) is 79.1 cm³/mol. The number of nitrogens with two attached hydrogens (primary N) is 1. The highest BCUT2D eigenvalue weighted by Gasteiger charge is 2.18. The summed E-state index contributed by atoms with van der Waals surface area (Å²) in [4.78, 5) is 11.2. The Morgan fingerprint density at radius 1 is 1.37 bits per heavy atom. The number of anilines is 2. The Morgan fingerprint density at radius 3 is 2.74 bits per heavy atom. The Morgan fingerprint density at radius 2 is 2.11 bits per heavy atom. The number of aryl methyl sites for hydroxylation is 1. The summed E-state index contributed by atoms with van der Waals surface area (Å²) in [6, 6.07) is 1.92. The van der Waals surface area contributed by atoms with Crippen LogP contribution >= 0.6 is 0 Å². The van der Waals surface area contributed by atoms with E-state index in [1.54, 1.807) is 0 Å². The topological polar surface area (TPSA) is 67.1 Å². The lowest BCUT2D eigenvalue weighted by Gasteiger charge is -2.22. The third-order valence-corrected chi connectivity index (χ3v) is 3.78. The molecular formula is C14H25N5. The van der Waals surface area contributed by atoms with Crippen molar-refractivity contribution in [3.05, 3.63) is 11.9 Å². The van der Waals surface area contributed by atoms with Crippen molar-refractivity contribution in [1.82, 2.24) is 9.97 Å². The lowest BCUT2D eigenvalue weighted by Crippen LogP contribution is -2.26. The minimum absolute atomic E-state index is 0.701. The lowest BCUT2D eigenvalue weighted by molar-refractivity contribution is 0.544. The Hall–Kier alpha value is -1.36. The quantitative estimate of drug-likeness (QED) is 0.609. The second-order valence-corrected chi connectivity index (χ2v) is 5.45. The van der Waals surface area contributed by atoms with Crippen molar-refractivity contribution in [2.75, 3.05) is 23.9 Å². The minimum atomic E-state index is 0.701. The molecule has 2 rings (SSSR count). The van der Waals surface area contributed by atoms with E-state index in [0.717, 1.165) is 36.9 Å². The molecular weight excluding hydrogens is 238 g/mol. The van der Waals surface area contributed by atoms with Gasteiger partial charge in [0.25, 0.3) is 0 Å². The van der Waals surface area contributed by atoms with Gasteiger partial charge >= 0.3 is 0 Å². The van der Waals surface area contributed by atoms with E-state index < -0.39 is 0 Å². The third-order valence-electron chi connectivity index (χ3n) is 3.78. The zero-order valence-corrected chi connectivity index (χ0v) is 12.0. The Bertz CT molecular complexity index is 401. The fraction of sp³-hybridized carbons (Fsp3) is 0.714. The Kier molecular flexibility index (Phi) is 4.96. The molecule has 1 aromatic heterocycles. The fourth-order valence-electron chi connectivity index (χ4n) is 2.76. The van der Waals surface area contributed by atoms with Gasteiger partial charge in [-0.2, -0.15) is 0 Å². The first-order chi connectivity index (χ1) is 9.22. The first-order valence-corrected chi connectivity index (χ1v) is 7.28. The second kappa shape index (κ2) is 6.70. The van der Waals surface area contributed by atoms with E-state index in [4.69, 9.17) is 5.84 Å². The van der Waals surface area contributed by atoms with Gasteiger partial charge in [-0.3, -0.25) is 0 Å². The lowest BCUT2D eigenvalue weighted by atomic mass is 10.1. The third kappa shape index (κ3) is 3.80. The van der Waals surface area contributed by atoms with Crippen LogP contribution in [0, 0.1) is 5.92 Å². The van der Waals surface area contributed by atoms with Crippen molar-refractivity contribution < 1.29 is 0 Å². The summed E-state index contributed by atoms with van der Waals surface area (Å²) in [5, 5.41) is 0. The number of aromatic nitrogens is 2. The summed E-state index contributed by atoms with van der Waals surface area (Å²) in [6.45, 7) is 3.21. The maximum absolute atomic E-state index is 5.49. The normalized spacial score (nSPS) is 15.7. The number of rotatable bonds is 6. The number of hydrazine groups is 1. The molecule has 0 aromatic carbocycles. The van der Waals surface area contributed by atoms with E-state index in [2.05, 4.69) is 34.3 Å². The van der Waals surface area contributed by atoms with E-state index in [0.29, 0.717) is 5.82 Å². The largest absolute Gasteiger partial charge is 0.359 e. The highest BCUT2D eigenvalue weighted by atomic mass is 15.3. The van der Waals surface area contributed by atoms with Crippen molar-refractivity contribution >= 4 is 11.6 Å². The average molecular weight is 263 g/mol. The van der Waals surface area contributed by atoms with Crippen molar-refractivity contribution in [2.45, 2.75) is 45.4 Å². The second-order valence-electron chi connectivity index (χ2n) is 5.45. The monoisotopic (exact) mass is 263 g/mol. The molecule has 0 aliphatic heterocycles. The molecule has 5 nitrogen and oxygen atoms in total. The van der Waals surface area contributed by atoms with Gasteiger partial charge in [0, 0.05) is 26.1 Å². The van der Waals surface area contributed by atoms with E-state index >= 15 is 0 Å². The van der Waals surface area contributed by atoms with E-state index in [-0.39, 0.29) is 0 Å². The molecule has 1 fully saturated rings. The summed E-state index contributed by atoms with van der Waals surface area (Å²) >= 11 is 0. The van der Waals surface area contributed by atoms with Gasteiger partial charge in [0.2, 0.25) is 0 Å². The van der Waals surface area contributed by atoms with Crippen LogP contribution in [0.2, 0.25) is 0 Å². The maximum Gasteiger partial charge on any atom is 0.145 e. The molecule has 106 valence electrons. The minimum Gasteiger partial charge on any atom is -0.359 e. The van der Waals surface area contributed by atoms with Gasteiger partial charge in [-0.1, -0.05) is 19.8 Å². The van der Waals surface area contributed by atoms with Crippen LogP contribution in [0.15, 0.2) is 6.07 Å². The van der Waals surface area contributed by atoms with Crippen LogP contribution in [0.4, 0.5) is 11.6 Å². The molecule has 0 amide bonds. The summed E-state index contributed by atoms with van der Waals surface area (Å²) in [7, 11) is 2.11. The molecule has 0 unspecified atom stereocenters. The highest BCUT2D eigenvalue weighted by Crippen LogP contribution is 2.26. The van der Waals surface area contributed by atoms with Crippen LogP contribution in [0.1, 0.15) is 44.9 Å². The molecule has 0 bridgehead atoms. The standard InChI is InChI=1S/C14H25N5/c1-3-6-12-16-13(18-15)9-14(17-12)19(2)10-11-7-4-5-8-11/h9,11H,3-8,10,15H2,1-2H3,(H,16,17,18). The fourth-order valence-corrected chi connectivity index (χ4v) is 2.76.